The minimum atomic E-state index is -1.83. The number of hydrogen-bond donors (Lipinski definition) is 0. The van der Waals surface area contributed by atoms with E-state index in [4.69, 9.17) is 4.43 Å². The van der Waals surface area contributed by atoms with Gasteiger partial charge in [0.2, 0.25) is 0 Å². The standard InChI is InChI=1S/C18H23BrO2Si/c1-4-22(5-2,6-3)21-18(12-10-17(20)11-13-18)15-8-7-9-16(19)14-15/h7-14H,4-6H2,1-3H3. The molecule has 0 aliphatic heterocycles. The van der Waals surface area contributed by atoms with Crippen LogP contribution in [0.1, 0.15) is 26.3 Å². The summed E-state index contributed by atoms with van der Waals surface area (Å²) in [6, 6.07) is 11.4. The molecule has 0 spiro atoms. The summed E-state index contributed by atoms with van der Waals surface area (Å²) in [7, 11) is -1.83. The van der Waals surface area contributed by atoms with Crippen molar-refractivity contribution < 1.29 is 9.22 Å². The molecule has 1 aromatic carbocycles. The third-order valence-electron chi connectivity index (χ3n) is 4.58. The molecule has 0 heterocycles. The lowest BCUT2D eigenvalue weighted by Gasteiger charge is -2.40. The van der Waals surface area contributed by atoms with Gasteiger partial charge in [-0.25, -0.2) is 0 Å². The Morgan fingerprint density at radius 1 is 1.09 bits per heavy atom. The lowest BCUT2D eigenvalue weighted by molar-refractivity contribution is -0.110. The van der Waals surface area contributed by atoms with Crippen molar-refractivity contribution >= 4 is 30.0 Å². The molecule has 0 radical (unpaired) electrons. The van der Waals surface area contributed by atoms with Crippen LogP contribution in [0.4, 0.5) is 0 Å². The minimum Gasteiger partial charge on any atom is -0.400 e. The van der Waals surface area contributed by atoms with E-state index in [2.05, 4.69) is 48.8 Å². The summed E-state index contributed by atoms with van der Waals surface area (Å²) in [5, 5.41) is 0. The Balaban J connectivity index is 2.50. The predicted octanol–water partition coefficient (Wildman–Crippen LogP) is 5.36. The van der Waals surface area contributed by atoms with Gasteiger partial charge in [-0.2, -0.15) is 0 Å². The fourth-order valence-corrected chi connectivity index (χ4v) is 6.20. The molecule has 1 aliphatic carbocycles. The number of ketones is 1. The summed E-state index contributed by atoms with van der Waals surface area (Å²) < 4.78 is 7.81. The largest absolute Gasteiger partial charge is 0.400 e. The van der Waals surface area contributed by atoms with Crippen molar-refractivity contribution in [1.82, 2.24) is 0 Å². The molecule has 0 N–H and O–H groups in total. The van der Waals surface area contributed by atoms with Gasteiger partial charge in [0.25, 0.3) is 0 Å². The highest BCUT2D eigenvalue weighted by Gasteiger charge is 2.40. The van der Waals surface area contributed by atoms with Crippen LogP contribution in [0, 0.1) is 0 Å². The van der Waals surface area contributed by atoms with Gasteiger partial charge in [-0.15, -0.1) is 0 Å². The molecule has 4 heteroatoms. The van der Waals surface area contributed by atoms with Crippen molar-refractivity contribution in [3.63, 3.8) is 0 Å². The summed E-state index contributed by atoms with van der Waals surface area (Å²) in [5.74, 6) is 0.0194. The predicted molar refractivity (Wildman–Crippen MR) is 97.4 cm³/mol. The van der Waals surface area contributed by atoms with Crippen molar-refractivity contribution in [2.75, 3.05) is 0 Å². The first kappa shape index (κ1) is 17.4. The van der Waals surface area contributed by atoms with Crippen LogP contribution in [0.25, 0.3) is 0 Å². The summed E-state index contributed by atoms with van der Waals surface area (Å²) >= 11 is 3.54. The molecule has 0 unspecified atom stereocenters. The first-order valence-corrected chi connectivity index (χ1v) is 11.2. The lowest BCUT2D eigenvalue weighted by atomic mass is 9.90. The maximum absolute atomic E-state index is 11.6. The summed E-state index contributed by atoms with van der Waals surface area (Å²) in [6.45, 7) is 6.65. The third-order valence-corrected chi connectivity index (χ3v) is 9.71. The average Bonchev–Trinajstić information content (AvgIpc) is 2.55. The van der Waals surface area contributed by atoms with E-state index in [0.717, 1.165) is 28.2 Å². The number of carbonyl (C=O) groups is 1. The number of allylic oxidation sites excluding steroid dienone is 2. The first-order valence-electron chi connectivity index (χ1n) is 7.88. The second-order valence-corrected chi connectivity index (χ2v) is 11.3. The smallest absolute Gasteiger partial charge is 0.194 e. The van der Waals surface area contributed by atoms with E-state index >= 15 is 0 Å². The fourth-order valence-electron chi connectivity index (χ4n) is 2.90. The highest BCUT2D eigenvalue weighted by Crippen LogP contribution is 2.39. The molecule has 118 valence electrons. The van der Waals surface area contributed by atoms with Gasteiger partial charge in [0.1, 0.15) is 5.60 Å². The van der Waals surface area contributed by atoms with E-state index in [1.807, 2.05) is 24.3 Å². The van der Waals surface area contributed by atoms with E-state index in [1.165, 1.54) is 0 Å². The zero-order valence-electron chi connectivity index (χ0n) is 13.4. The maximum atomic E-state index is 11.6. The SMILES string of the molecule is CC[Si](CC)(CC)OC1(c2cccc(Br)c2)C=CC(=O)C=C1. The number of carbonyl (C=O) groups excluding carboxylic acids is 1. The molecule has 1 aromatic rings. The fraction of sp³-hybridized carbons (Fsp3) is 0.389. The van der Waals surface area contributed by atoms with Crippen LogP contribution in [0.3, 0.4) is 0 Å². The maximum Gasteiger partial charge on any atom is 0.194 e. The van der Waals surface area contributed by atoms with Gasteiger partial charge in [0, 0.05) is 4.47 Å². The zero-order valence-corrected chi connectivity index (χ0v) is 16.0. The molecule has 0 fully saturated rings. The Kier molecular flexibility index (Phi) is 5.58. The van der Waals surface area contributed by atoms with Crippen LogP contribution < -0.4 is 0 Å². The summed E-state index contributed by atoms with van der Waals surface area (Å²) in [6.07, 6.45) is 7.09. The van der Waals surface area contributed by atoms with Crippen molar-refractivity contribution in [3.8, 4) is 0 Å². The quantitative estimate of drug-likeness (QED) is 0.622. The second-order valence-electron chi connectivity index (χ2n) is 5.72. The van der Waals surface area contributed by atoms with Crippen molar-refractivity contribution in [3.05, 3.63) is 58.6 Å². The molecule has 1 aliphatic rings. The van der Waals surface area contributed by atoms with Gasteiger partial charge < -0.3 is 4.43 Å². The van der Waals surface area contributed by atoms with Crippen molar-refractivity contribution in [1.29, 1.82) is 0 Å². The van der Waals surface area contributed by atoms with Crippen LogP contribution in [0.15, 0.2) is 53.0 Å². The zero-order chi connectivity index (χ0) is 16.2. The van der Waals surface area contributed by atoms with E-state index < -0.39 is 13.9 Å². The van der Waals surface area contributed by atoms with Gasteiger partial charge in [-0.3, -0.25) is 4.79 Å². The molecular weight excluding hydrogens is 356 g/mol. The van der Waals surface area contributed by atoms with Crippen molar-refractivity contribution in [2.24, 2.45) is 0 Å². The highest BCUT2D eigenvalue weighted by molar-refractivity contribution is 9.10. The topological polar surface area (TPSA) is 26.3 Å². The molecule has 0 aromatic heterocycles. The van der Waals surface area contributed by atoms with Crippen LogP contribution in [0.2, 0.25) is 18.1 Å². The molecular formula is C18H23BrO2Si. The van der Waals surface area contributed by atoms with E-state index in [1.54, 1.807) is 12.2 Å². The first-order chi connectivity index (χ1) is 10.5. The van der Waals surface area contributed by atoms with Gasteiger partial charge in [-0.1, -0.05) is 48.8 Å². The normalized spacial score (nSPS) is 17.0. The second kappa shape index (κ2) is 7.07. The molecule has 0 bridgehead atoms. The Hall–Kier alpha value is -0.973. The molecule has 0 atom stereocenters. The molecule has 2 nitrogen and oxygen atoms in total. The lowest BCUT2D eigenvalue weighted by Crippen LogP contribution is -2.44. The van der Waals surface area contributed by atoms with Crippen LogP contribution in [-0.2, 0) is 14.8 Å². The van der Waals surface area contributed by atoms with Gasteiger partial charge in [0.05, 0.1) is 0 Å². The molecule has 0 amide bonds. The number of rotatable bonds is 6. The van der Waals surface area contributed by atoms with Gasteiger partial charge in [0.15, 0.2) is 14.1 Å². The number of halogens is 1. The number of hydrogen-bond acceptors (Lipinski definition) is 2. The monoisotopic (exact) mass is 378 g/mol. The highest BCUT2D eigenvalue weighted by atomic mass is 79.9. The van der Waals surface area contributed by atoms with E-state index in [-0.39, 0.29) is 5.78 Å². The average molecular weight is 379 g/mol. The Morgan fingerprint density at radius 3 is 2.18 bits per heavy atom. The van der Waals surface area contributed by atoms with E-state index in [9.17, 15) is 4.79 Å². The summed E-state index contributed by atoms with van der Waals surface area (Å²) in [4.78, 5) is 11.6. The van der Waals surface area contributed by atoms with Crippen LogP contribution in [-0.4, -0.2) is 14.1 Å². The van der Waals surface area contributed by atoms with Crippen LogP contribution >= 0.6 is 15.9 Å². The number of benzene rings is 1. The summed E-state index contributed by atoms with van der Waals surface area (Å²) in [5.41, 5.74) is 0.445. The molecule has 0 saturated heterocycles. The van der Waals surface area contributed by atoms with Gasteiger partial charge in [-0.05, 0) is 60.1 Å². The van der Waals surface area contributed by atoms with Crippen molar-refractivity contribution in [2.45, 2.75) is 44.5 Å². The Morgan fingerprint density at radius 2 is 1.68 bits per heavy atom. The molecule has 22 heavy (non-hydrogen) atoms. The van der Waals surface area contributed by atoms with Crippen LogP contribution in [0.5, 0.6) is 0 Å². The minimum absolute atomic E-state index is 0.0194. The molecule has 0 saturated carbocycles. The van der Waals surface area contributed by atoms with Gasteiger partial charge >= 0.3 is 0 Å². The molecule has 2 rings (SSSR count). The third kappa shape index (κ3) is 3.50. The Labute approximate surface area is 142 Å². The van der Waals surface area contributed by atoms with E-state index in [0.29, 0.717) is 0 Å². The Bertz CT molecular complexity index is 579.